The Bertz CT molecular complexity index is 572. The van der Waals surface area contributed by atoms with Crippen molar-refractivity contribution < 1.29 is 23.3 Å². The van der Waals surface area contributed by atoms with Gasteiger partial charge in [-0.05, 0) is 24.2 Å². The van der Waals surface area contributed by atoms with E-state index in [0.717, 1.165) is 0 Å². The van der Waals surface area contributed by atoms with Gasteiger partial charge in [-0.1, -0.05) is 51.1 Å². The van der Waals surface area contributed by atoms with E-state index in [9.17, 15) is 4.57 Å². The van der Waals surface area contributed by atoms with Crippen molar-refractivity contribution in [2.45, 2.75) is 38.9 Å². The van der Waals surface area contributed by atoms with Crippen LogP contribution in [0, 0.1) is 0 Å². The Balaban J connectivity index is 2.74. The van der Waals surface area contributed by atoms with Crippen LogP contribution in [0.2, 0.25) is 18.1 Å². The zero-order valence-corrected chi connectivity index (χ0v) is 15.6. The van der Waals surface area contributed by atoms with Gasteiger partial charge in [-0.25, -0.2) is 4.57 Å². The number of phosphoric acid groups is 1. The fraction of sp³-hybridized carbons (Fsp3) is 0.467. The van der Waals surface area contributed by atoms with E-state index in [2.05, 4.69) is 38.4 Å². The van der Waals surface area contributed by atoms with E-state index in [4.69, 9.17) is 14.2 Å². The van der Waals surface area contributed by atoms with Gasteiger partial charge in [-0.15, -0.1) is 0 Å². The van der Waals surface area contributed by atoms with Crippen LogP contribution in [0.3, 0.4) is 0 Å². The molecule has 22 heavy (non-hydrogen) atoms. The predicted octanol–water partition coefficient (Wildman–Crippen LogP) is 4.19. The minimum Gasteiger partial charge on any atom is -0.413 e. The topological polar surface area (TPSA) is 76.0 Å². The first-order chi connectivity index (χ1) is 9.92. The van der Waals surface area contributed by atoms with E-state index < -0.39 is 16.1 Å². The lowest BCUT2D eigenvalue weighted by atomic mass is 10.2. The van der Waals surface area contributed by atoms with Crippen LogP contribution in [0.15, 0.2) is 30.3 Å². The van der Waals surface area contributed by atoms with Crippen LogP contribution in [0.5, 0.6) is 5.75 Å². The Morgan fingerprint density at radius 1 is 1.23 bits per heavy atom. The summed E-state index contributed by atoms with van der Waals surface area (Å²) in [7, 11) is -6.36. The van der Waals surface area contributed by atoms with Crippen LogP contribution in [0.25, 0.3) is 6.08 Å². The lowest BCUT2D eigenvalue weighted by molar-refractivity contribution is 0.283. The van der Waals surface area contributed by atoms with Gasteiger partial charge in [0.15, 0.2) is 8.32 Å². The summed E-state index contributed by atoms with van der Waals surface area (Å²) in [5.74, 6) is 0.152. The molecular weight excluding hydrogens is 319 g/mol. The normalized spacial score (nSPS) is 13.6. The van der Waals surface area contributed by atoms with Crippen LogP contribution in [-0.4, -0.2) is 24.7 Å². The Hall–Kier alpha value is -0.913. The number of hydrogen-bond donors (Lipinski definition) is 2. The van der Waals surface area contributed by atoms with Gasteiger partial charge in [0.2, 0.25) is 0 Å². The van der Waals surface area contributed by atoms with Crippen LogP contribution in [0.1, 0.15) is 26.3 Å². The third-order valence-corrected chi connectivity index (χ3v) is 8.72. The molecule has 0 spiro atoms. The molecule has 1 rings (SSSR count). The summed E-state index contributed by atoms with van der Waals surface area (Å²) in [6.45, 7) is 11.3. The highest BCUT2D eigenvalue weighted by atomic mass is 31.2. The quantitative estimate of drug-likeness (QED) is 0.598. The molecule has 0 amide bonds. The summed E-state index contributed by atoms with van der Waals surface area (Å²) in [6.07, 6.45) is 3.58. The second kappa shape index (κ2) is 7.11. The third-order valence-electron chi connectivity index (χ3n) is 3.78. The third kappa shape index (κ3) is 6.06. The Labute approximate surface area is 133 Å². The highest BCUT2D eigenvalue weighted by molar-refractivity contribution is 7.46. The standard InChI is InChI=1S/C15H25O5PSi/c1-15(2,3)22(4,5)19-12-8-10-13-9-6-7-11-14(13)20-21(16,17)18/h6-11H,12H2,1-5H3,(H2,16,17,18)/b10-8-. The first kappa shape index (κ1) is 19.1. The summed E-state index contributed by atoms with van der Waals surface area (Å²) in [5.41, 5.74) is 0.602. The summed E-state index contributed by atoms with van der Waals surface area (Å²) in [5, 5.41) is 0.141. The molecule has 0 saturated carbocycles. The van der Waals surface area contributed by atoms with Gasteiger partial charge in [0.1, 0.15) is 5.75 Å². The Morgan fingerprint density at radius 2 is 1.82 bits per heavy atom. The zero-order chi connectivity index (χ0) is 17.0. The van der Waals surface area contributed by atoms with Crippen molar-refractivity contribution >= 4 is 22.2 Å². The molecule has 0 unspecified atom stereocenters. The van der Waals surface area contributed by atoms with Gasteiger partial charge >= 0.3 is 7.82 Å². The molecule has 5 nitrogen and oxygen atoms in total. The van der Waals surface area contributed by atoms with Crippen LogP contribution in [0.4, 0.5) is 0 Å². The molecule has 124 valence electrons. The average molecular weight is 344 g/mol. The maximum absolute atomic E-state index is 11.0. The molecule has 0 saturated heterocycles. The average Bonchev–Trinajstić information content (AvgIpc) is 2.33. The zero-order valence-electron chi connectivity index (χ0n) is 13.7. The van der Waals surface area contributed by atoms with Crippen molar-refractivity contribution in [3.8, 4) is 5.75 Å². The molecule has 0 aromatic heterocycles. The molecule has 0 aliphatic heterocycles. The summed E-state index contributed by atoms with van der Waals surface area (Å²) >= 11 is 0. The van der Waals surface area contributed by atoms with E-state index in [1.54, 1.807) is 24.3 Å². The number of rotatable bonds is 6. The molecule has 0 bridgehead atoms. The van der Waals surface area contributed by atoms with E-state index in [1.165, 1.54) is 6.07 Å². The van der Waals surface area contributed by atoms with Crippen molar-refractivity contribution in [2.24, 2.45) is 0 Å². The van der Waals surface area contributed by atoms with Crippen molar-refractivity contribution in [2.75, 3.05) is 6.61 Å². The van der Waals surface area contributed by atoms with Crippen molar-refractivity contribution in [1.82, 2.24) is 0 Å². The fourth-order valence-electron chi connectivity index (χ4n) is 1.48. The second-order valence-electron chi connectivity index (χ2n) is 6.59. The highest BCUT2D eigenvalue weighted by Crippen LogP contribution is 2.39. The van der Waals surface area contributed by atoms with Crippen LogP contribution >= 0.6 is 7.82 Å². The minimum atomic E-state index is -4.56. The first-order valence-corrected chi connectivity index (χ1v) is 11.5. The molecule has 1 aromatic carbocycles. The van der Waals surface area contributed by atoms with Crippen LogP contribution < -0.4 is 4.52 Å². The largest absolute Gasteiger partial charge is 0.524 e. The molecule has 7 heteroatoms. The molecule has 0 radical (unpaired) electrons. The van der Waals surface area contributed by atoms with E-state index >= 15 is 0 Å². The summed E-state index contributed by atoms with van der Waals surface area (Å²) < 4.78 is 21.6. The van der Waals surface area contributed by atoms with Crippen molar-refractivity contribution in [3.63, 3.8) is 0 Å². The van der Waals surface area contributed by atoms with Gasteiger partial charge in [0.05, 0.1) is 6.61 Å². The maximum atomic E-state index is 11.0. The number of hydrogen-bond acceptors (Lipinski definition) is 3. The molecule has 0 atom stereocenters. The predicted molar refractivity (Wildman–Crippen MR) is 91.3 cm³/mol. The monoisotopic (exact) mass is 344 g/mol. The smallest absolute Gasteiger partial charge is 0.413 e. The molecule has 0 heterocycles. The number of phosphoric ester groups is 1. The summed E-state index contributed by atoms with van der Waals surface area (Å²) in [4.78, 5) is 17.8. The molecule has 1 aromatic rings. The van der Waals surface area contributed by atoms with E-state index in [-0.39, 0.29) is 10.8 Å². The minimum absolute atomic E-state index is 0.141. The van der Waals surface area contributed by atoms with Gasteiger partial charge < -0.3 is 8.95 Å². The SMILES string of the molecule is CC(C)(C)[Si](C)(C)OC/C=C\c1ccccc1OP(=O)(O)O. The maximum Gasteiger partial charge on any atom is 0.524 e. The number of para-hydroxylation sites is 1. The number of benzene rings is 1. The van der Waals surface area contributed by atoms with Gasteiger partial charge in [-0.3, -0.25) is 9.79 Å². The fourth-order valence-corrected chi connectivity index (χ4v) is 2.85. The summed E-state index contributed by atoms with van der Waals surface area (Å²) in [6, 6.07) is 6.69. The molecule has 2 N–H and O–H groups in total. The highest BCUT2D eigenvalue weighted by Gasteiger charge is 2.36. The van der Waals surface area contributed by atoms with Crippen LogP contribution in [-0.2, 0) is 8.99 Å². The van der Waals surface area contributed by atoms with Gasteiger partial charge in [0, 0.05) is 5.56 Å². The van der Waals surface area contributed by atoms with Gasteiger partial charge in [0.25, 0.3) is 0 Å². The molecule has 0 aliphatic rings. The molecular formula is C15H25O5PSi. The lowest BCUT2D eigenvalue weighted by Gasteiger charge is -2.35. The van der Waals surface area contributed by atoms with E-state index in [0.29, 0.717) is 12.2 Å². The molecule has 0 aliphatic carbocycles. The van der Waals surface area contributed by atoms with Crippen molar-refractivity contribution in [3.05, 3.63) is 35.9 Å². The second-order valence-corrected chi connectivity index (χ2v) is 12.6. The molecule has 0 fully saturated rings. The Kier molecular flexibility index (Phi) is 6.18. The van der Waals surface area contributed by atoms with Crippen molar-refractivity contribution in [1.29, 1.82) is 0 Å². The van der Waals surface area contributed by atoms with Gasteiger partial charge in [-0.2, -0.15) is 0 Å². The Morgan fingerprint density at radius 3 is 2.36 bits per heavy atom. The first-order valence-electron chi connectivity index (χ1n) is 7.07. The lowest BCUT2D eigenvalue weighted by Crippen LogP contribution is -2.40. The van der Waals surface area contributed by atoms with E-state index in [1.807, 2.05) is 6.08 Å².